The van der Waals surface area contributed by atoms with Gasteiger partial charge in [0.15, 0.2) is 11.5 Å². The molecule has 2 aromatic rings. The molecule has 1 heterocycles. The summed E-state index contributed by atoms with van der Waals surface area (Å²) in [7, 11) is 4.54. The highest BCUT2D eigenvalue weighted by Crippen LogP contribution is 2.42. The molecule has 0 aliphatic carbocycles. The molecule has 194 valence electrons. The number of hydrogen-bond donors (Lipinski definition) is 1. The minimum absolute atomic E-state index is 0.00343. The van der Waals surface area contributed by atoms with Gasteiger partial charge in [0.05, 0.1) is 38.0 Å². The zero-order chi connectivity index (χ0) is 26.4. The number of aliphatic hydroxyl groups is 1. The maximum Gasteiger partial charge on any atom is 0.295 e. The van der Waals surface area contributed by atoms with E-state index in [1.807, 2.05) is 0 Å². The van der Waals surface area contributed by atoms with Gasteiger partial charge in [0.25, 0.3) is 11.7 Å². The van der Waals surface area contributed by atoms with Gasteiger partial charge in [-0.15, -0.1) is 0 Å². The first-order valence-corrected chi connectivity index (χ1v) is 12.3. The number of methoxy groups -OCH3 is 3. The van der Waals surface area contributed by atoms with E-state index in [0.29, 0.717) is 41.3 Å². The number of benzene rings is 2. The van der Waals surface area contributed by atoms with Gasteiger partial charge in [0.2, 0.25) is 0 Å². The number of ether oxygens (including phenoxy) is 3. The molecular formula is C27H33ClN2O6. The SMILES string of the molecule is CCN(CC)CCCN1C(=O)C(=O)/C(=C(\O)c2ccc(OC)c(Cl)c2)C1c1ccc(OC)c(OC)c1. The third-order valence-electron chi connectivity index (χ3n) is 6.46. The van der Waals surface area contributed by atoms with Crippen LogP contribution in [0.25, 0.3) is 5.76 Å². The standard InChI is InChI=1S/C27H33ClN2O6/c1-6-29(7-2)13-8-14-30-24(17-9-12-21(35-4)22(16-17)36-5)23(26(32)27(30)33)25(31)18-10-11-20(34-3)19(28)15-18/h9-12,15-16,24,31H,6-8,13-14H2,1-5H3/b25-23-. The lowest BCUT2D eigenvalue weighted by Crippen LogP contribution is -2.33. The van der Waals surface area contributed by atoms with Crippen molar-refractivity contribution < 1.29 is 28.9 Å². The molecule has 3 rings (SSSR count). The van der Waals surface area contributed by atoms with Gasteiger partial charge in [-0.05, 0) is 62.0 Å². The average Bonchev–Trinajstić information content (AvgIpc) is 3.15. The van der Waals surface area contributed by atoms with Gasteiger partial charge in [0.1, 0.15) is 11.5 Å². The molecule has 0 radical (unpaired) electrons. The molecule has 1 saturated heterocycles. The lowest BCUT2D eigenvalue weighted by molar-refractivity contribution is -0.140. The molecule has 1 unspecified atom stereocenters. The Hall–Kier alpha value is -3.23. The van der Waals surface area contributed by atoms with Crippen LogP contribution in [-0.2, 0) is 9.59 Å². The van der Waals surface area contributed by atoms with E-state index in [9.17, 15) is 14.7 Å². The van der Waals surface area contributed by atoms with Crippen molar-refractivity contribution in [2.45, 2.75) is 26.3 Å². The quantitative estimate of drug-likeness (QED) is 0.267. The smallest absolute Gasteiger partial charge is 0.295 e. The first kappa shape index (κ1) is 27.4. The lowest BCUT2D eigenvalue weighted by atomic mass is 9.95. The van der Waals surface area contributed by atoms with E-state index in [-0.39, 0.29) is 16.4 Å². The highest BCUT2D eigenvalue weighted by molar-refractivity contribution is 6.46. The van der Waals surface area contributed by atoms with Crippen molar-refractivity contribution in [3.63, 3.8) is 0 Å². The van der Waals surface area contributed by atoms with Crippen LogP contribution in [0.2, 0.25) is 5.02 Å². The number of hydrogen-bond acceptors (Lipinski definition) is 7. The van der Waals surface area contributed by atoms with Crippen molar-refractivity contribution in [2.24, 2.45) is 0 Å². The van der Waals surface area contributed by atoms with Crippen LogP contribution < -0.4 is 14.2 Å². The summed E-state index contributed by atoms with van der Waals surface area (Å²) in [5, 5.41) is 11.6. The number of aliphatic hydroxyl groups excluding tert-OH is 1. The van der Waals surface area contributed by atoms with Crippen molar-refractivity contribution in [2.75, 3.05) is 47.5 Å². The predicted octanol–water partition coefficient (Wildman–Crippen LogP) is 4.52. The minimum atomic E-state index is -0.803. The highest BCUT2D eigenvalue weighted by atomic mass is 35.5. The molecule has 1 fully saturated rings. The van der Waals surface area contributed by atoms with Gasteiger partial charge in [0, 0.05) is 12.1 Å². The molecule has 1 atom stereocenters. The number of carbonyl (C=O) groups is 2. The van der Waals surface area contributed by atoms with Crippen molar-refractivity contribution in [3.05, 3.63) is 58.1 Å². The summed E-state index contributed by atoms with van der Waals surface area (Å²) >= 11 is 6.27. The summed E-state index contributed by atoms with van der Waals surface area (Å²) in [6, 6.07) is 9.11. The fourth-order valence-corrected chi connectivity index (χ4v) is 4.71. The van der Waals surface area contributed by atoms with E-state index in [0.717, 1.165) is 19.6 Å². The lowest BCUT2D eigenvalue weighted by Gasteiger charge is -2.27. The molecule has 0 saturated carbocycles. The Morgan fingerprint density at radius 2 is 1.61 bits per heavy atom. The summed E-state index contributed by atoms with van der Waals surface area (Å²) in [5.41, 5.74) is 0.930. The maximum atomic E-state index is 13.3. The van der Waals surface area contributed by atoms with Crippen LogP contribution in [-0.4, -0.2) is 74.1 Å². The summed E-state index contributed by atoms with van der Waals surface area (Å²) in [6.07, 6.45) is 0.674. The van der Waals surface area contributed by atoms with Crippen molar-refractivity contribution in [1.82, 2.24) is 9.80 Å². The van der Waals surface area contributed by atoms with Crippen LogP contribution in [0.15, 0.2) is 42.0 Å². The van der Waals surface area contributed by atoms with Crippen LogP contribution in [0.3, 0.4) is 0 Å². The van der Waals surface area contributed by atoms with E-state index in [1.165, 1.54) is 32.3 Å². The minimum Gasteiger partial charge on any atom is -0.507 e. The number of carbonyl (C=O) groups excluding carboxylic acids is 2. The Morgan fingerprint density at radius 1 is 0.972 bits per heavy atom. The number of likely N-dealkylation sites (tertiary alicyclic amines) is 1. The van der Waals surface area contributed by atoms with E-state index in [2.05, 4.69) is 18.7 Å². The molecule has 36 heavy (non-hydrogen) atoms. The van der Waals surface area contributed by atoms with E-state index >= 15 is 0 Å². The third kappa shape index (κ3) is 5.44. The number of nitrogens with zero attached hydrogens (tertiary/aromatic N) is 2. The molecule has 1 amide bonds. The molecule has 0 aromatic heterocycles. The third-order valence-corrected chi connectivity index (χ3v) is 6.75. The molecule has 8 nitrogen and oxygen atoms in total. The van der Waals surface area contributed by atoms with Crippen LogP contribution >= 0.6 is 11.6 Å². The van der Waals surface area contributed by atoms with Gasteiger partial charge < -0.3 is 29.1 Å². The summed E-state index contributed by atoms with van der Waals surface area (Å²) in [5.74, 6) is -0.305. The predicted molar refractivity (Wildman–Crippen MR) is 139 cm³/mol. The van der Waals surface area contributed by atoms with Crippen LogP contribution in [0.5, 0.6) is 17.2 Å². The fourth-order valence-electron chi connectivity index (χ4n) is 4.45. The second-order valence-corrected chi connectivity index (χ2v) is 8.74. The number of amides is 1. The Balaban J connectivity index is 2.11. The second-order valence-electron chi connectivity index (χ2n) is 8.34. The Kier molecular flexibility index (Phi) is 9.23. The van der Waals surface area contributed by atoms with Crippen molar-refractivity contribution in [1.29, 1.82) is 0 Å². The van der Waals surface area contributed by atoms with Crippen molar-refractivity contribution >= 4 is 29.1 Å². The second kappa shape index (κ2) is 12.1. The topological polar surface area (TPSA) is 88.5 Å². The van der Waals surface area contributed by atoms with Gasteiger partial charge in [-0.2, -0.15) is 0 Å². The Morgan fingerprint density at radius 3 is 2.19 bits per heavy atom. The average molecular weight is 517 g/mol. The number of ketones is 1. The van der Waals surface area contributed by atoms with Crippen LogP contribution in [0, 0.1) is 0 Å². The molecule has 1 aliphatic heterocycles. The highest BCUT2D eigenvalue weighted by Gasteiger charge is 2.46. The van der Waals surface area contributed by atoms with Gasteiger partial charge in [-0.25, -0.2) is 0 Å². The van der Waals surface area contributed by atoms with Gasteiger partial charge >= 0.3 is 0 Å². The molecule has 2 aromatic carbocycles. The first-order chi connectivity index (χ1) is 17.3. The zero-order valence-electron chi connectivity index (χ0n) is 21.3. The summed E-state index contributed by atoms with van der Waals surface area (Å²) in [6.45, 7) is 7.08. The largest absolute Gasteiger partial charge is 0.507 e. The molecular weight excluding hydrogens is 484 g/mol. The zero-order valence-corrected chi connectivity index (χ0v) is 22.1. The summed E-state index contributed by atoms with van der Waals surface area (Å²) in [4.78, 5) is 30.3. The number of halogens is 1. The first-order valence-electron chi connectivity index (χ1n) is 11.9. The Bertz CT molecular complexity index is 1150. The van der Waals surface area contributed by atoms with E-state index < -0.39 is 17.7 Å². The Labute approximate surface area is 217 Å². The van der Waals surface area contributed by atoms with Gasteiger partial charge in [-0.3, -0.25) is 9.59 Å². The maximum absolute atomic E-state index is 13.3. The van der Waals surface area contributed by atoms with Gasteiger partial charge in [-0.1, -0.05) is 31.5 Å². The van der Waals surface area contributed by atoms with Crippen LogP contribution in [0.1, 0.15) is 37.4 Å². The van der Waals surface area contributed by atoms with E-state index in [1.54, 1.807) is 30.3 Å². The summed E-state index contributed by atoms with van der Waals surface area (Å²) < 4.78 is 16.0. The number of Topliss-reactive ketones (excluding diaryl/α,β-unsaturated/α-hetero) is 1. The number of rotatable bonds is 11. The molecule has 1 N–H and O–H groups in total. The molecule has 9 heteroatoms. The normalized spacial score (nSPS) is 17.1. The van der Waals surface area contributed by atoms with Crippen molar-refractivity contribution in [3.8, 4) is 17.2 Å². The molecule has 1 aliphatic rings. The van der Waals surface area contributed by atoms with Crippen LogP contribution in [0.4, 0.5) is 0 Å². The molecule has 0 spiro atoms. The monoisotopic (exact) mass is 516 g/mol. The molecule has 0 bridgehead atoms. The fraction of sp³-hybridized carbons (Fsp3) is 0.407. The van der Waals surface area contributed by atoms with E-state index in [4.69, 9.17) is 25.8 Å².